The fraction of sp³-hybridized carbons (Fsp3) is 0.474. The van der Waals surface area contributed by atoms with Crippen LogP contribution in [0.2, 0.25) is 0 Å². The molecule has 0 unspecified atom stereocenters. The molecular weight excluding hydrogens is 318 g/mol. The summed E-state index contributed by atoms with van der Waals surface area (Å²) in [5, 5.41) is 0. The number of carbonyl (C=O) groups excluding carboxylic acids is 1. The molecule has 0 spiro atoms. The Balaban J connectivity index is 1.82. The molecule has 0 bridgehead atoms. The van der Waals surface area contributed by atoms with Gasteiger partial charge in [0.05, 0.1) is 12.2 Å². The Hall–Kier alpha value is -2.50. The lowest BCUT2D eigenvalue weighted by atomic mass is 10.2. The third-order valence-electron chi connectivity index (χ3n) is 3.94. The number of rotatable bonds is 0. The molecule has 0 saturated heterocycles. The van der Waals surface area contributed by atoms with Gasteiger partial charge in [0, 0.05) is 25.4 Å². The van der Waals surface area contributed by atoms with Crippen LogP contribution in [-0.4, -0.2) is 45.8 Å². The third kappa shape index (κ3) is 4.32. The van der Waals surface area contributed by atoms with Gasteiger partial charge in [0.2, 0.25) is 0 Å². The molecule has 0 radical (unpaired) electrons. The Labute approximate surface area is 148 Å². The summed E-state index contributed by atoms with van der Waals surface area (Å²) < 4.78 is 13.5. The zero-order chi connectivity index (χ0) is 17.9. The lowest BCUT2D eigenvalue weighted by Crippen LogP contribution is -2.39. The number of aromatic nitrogens is 2. The number of nitrogens with zero attached hydrogens (tertiary/aromatic N) is 3. The molecule has 6 heteroatoms. The minimum absolute atomic E-state index is 0.299. The Morgan fingerprint density at radius 1 is 1.24 bits per heavy atom. The zero-order valence-corrected chi connectivity index (χ0v) is 15.1. The van der Waals surface area contributed by atoms with Gasteiger partial charge in [-0.3, -0.25) is 0 Å². The number of benzene rings is 1. The summed E-state index contributed by atoms with van der Waals surface area (Å²) >= 11 is 0. The molecule has 0 N–H and O–H groups in total. The number of amides is 1. The molecule has 2 aromatic rings. The average molecular weight is 343 g/mol. The summed E-state index contributed by atoms with van der Waals surface area (Å²) in [4.78, 5) is 18.6. The molecule has 1 aromatic carbocycles. The van der Waals surface area contributed by atoms with Crippen LogP contribution in [0, 0.1) is 0 Å². The summed E-state index contributed by atoms with van der Waals surface area (Å²) in [6.45, 7) is 7.15. The minimum atomic E-state index is -0.507. The van der Waals surface area contributed by atoms with Crippen molar-refractivity contribution in [1.29, 1.82) is 0 Å². The quantitative estimate of drug-likeness (QED) is 0.735. The molecule has 1 aliphatic heterocycles. The number of carbonyl (C=O) groups is 1. The highest BCUT2D eigenvalue weighted by Gasteiger charge is 2.23. The van der Waals surface area contributed by atoms with Crippen LogP contribution in [-0.2, 0) is 11.2 Å². The van der Waals surface area contributed by atoms with E-state index in [4.69, 9.17) is 9.47 Å². The maximum Gasteiger partial charge on any atom is 0.410 e. The number of hydrogen-bond donors (Lipinski definition) is 0. The predicted octanol–water partition coefficient (Wildman–Crippen LogP) is 3.43. The summed E-state index contributed by atoms with van der Waals surface area (Å²) in [7, 11) is 0. The Kier molecular flexibility index (Phi) is 4.97. The van der Waals surface area contributed by atoms with Gasteiger partial charge in [-0.15, -0.1) is 0 Å². The number of hydrogen-bond acceptors (Lipinski definition) is 4. The van der Waals surface area contributed by atoms with E-state index in [2.05, 4.69) is 9.55 Å². The molecule has 1 amide bonds. The standard InChI is InChI=1S/C19H25N3O3/c1-19(2,3)25-18(23)21-11-6-9-17-20-10-12-22(17)15-7-4-5-8-16(15)24-14-13-21/h4-5,7-8,10,12H,6,9,11,13-14H2,1-3H3. The molecular formula is C19H25N3O3. The van der Waals surface area contributed by atoms with Gasteiger partial charge >= 0.3 is 6.09 Å². The van der Waals surface area contributed by atoms with Crippen molar-refractivity contribution >= 4 is 6.09 Å². The first-order valence-electron chi connectivity index (χ1n) is 8.66. The van der Waals surface area contributed by atoms with E-state index < -0.39 is 5.60 Å². The monoisotopic (exact) mass is 343 g/mol. The van der Waals surface area contributed by atoms with Crippen molar-refractivity contribution in [2.45, 2.75) is 39.2 Å². The van der Waals surface area contributed by atoms with Gasteiger partial charge in [-0.2, -0.15) is 0 Å². The van der Waals surface area contributed by atoms with Crippen molar-refractivity contribution in [3.8, 4) is 11.4 Å². The van der Waals surface area contributed by atoms with Gasteiger partial charge in [-0.1, -0.05) is 12.1 Å². The van der Waals surface area contributed by atoms with Crippen molar-refractivity contribution in [2.75, 3.05) is 19.7 Å². The molecule has 2 heterocycles. The average Bonchev–Trinajstić information content (AvgIpc) is 2.99. The normalized spacial score (nSPS) is 15.4. The van der Waals surface area contributed by atoms with Crippen LogP contribution in [0.5, 0.6) is 5.75 Å². The van der Waals surface area contributed by atoms with Crippen LogP contribution in [0.4, 0.5) is 4.79 Å². The van der Waals surface area contributed by atoms with Crippen molar-refractivity contribution in [2.24, 2.45) is 0 Å². The molecule has 0 fully saturated rings. The maximum absolute atomic E-state index is 12.4. The van der Waals surface area contributed by atoms with Crippen LogP contribution in [0.15, 0.2) is 36.7 Å². The predicted molar refractivity (Wildman–Crippen MR) is 95.2 cm³/mol. The van der Waals surface area contributed by atoms with Crippen LogP contribution in [0.1, 0.15) is 33.0 Å². The Morgan fingerprint density at radius 3 is 2.84 bits per heavy atom. The van der Waals surface area contributed by atoms with E-state index in [1.165, 1.54) is 0 Å². The summed E-state index contributed by atoms with van der Waals surface area (Å²) in [6.07, 6.45) is 5.04. The first-order chi connectivity index (χ1) is 11.9. The van der Waals surface area contributed by atoms with Crippen molar-refractivity contribution in [1.82, 2.24) is 14.5 Å². The van der Waals surface area contributed by atoms with E-state index in [1.54, 1.807) is 11.1 Å². The van der Waals surface area contributed by atoms with Crippen molar-refractivity contribution < 1.29 is 14.3 Å². The van der Waals surface area contributed by atoms with E-state index >= 15 is 0 Å². The van der Waals surface area contributed by atoms with Crippen LogP contribution in [0.3, 0.4) is 0 Å². The fourth-order valence-corrected chi connectivity index (χ4v) is 2.83. The van der Waals surface area contributed by atoms with Gasteiger partial charge in [-0.05, 0) is 39.3 Å². The topological polar surface area (TPSA) is 56.6 Å². The van der Waals surface area contributed by atoms with Crippen LogP contribution >= 0.6 is 0 Å². The highest BCUT2D eigenvalue weighted by Crippen LogP contribution is 2.25. The van der Waals surface area contributed by atoms with E-state index in [9.17, 15) is 4.79 Å². The van der Waals surface area contributed by atoms with Gasteiger partial charge < -0.3 is 18.9 Å². The van der Waals surface area contributed by atoms with Gasteiger partial charge in [-0.25, -0.2) is 9.78 Å². The van der Waals surface area contributed by atoms with Gasteiger partial charge in [0.25, 0.3) is 0 Å². The maximum atomic E-state index is 12.4. The molecule has 25 heavy (non-hydrogen) atoms. The number of fused-ring (bicyclic) bond motifs is 3. The first kappa shape index (κ1) is 17.3. The lowest BCUT2D eigenvalue weighted by molar-refractivity contribution is 0.0224. The Bertz CT molecular complexity index is 734. The molecule has 3 rings (SSSR count). The minimum Gasteiger partial charge on any atom is -0.490 e. The molecule has 134 valence electrons. The molecule has 0 atom stereocenters. The highest BCUT2D eigenvalue weighted by atomic mass is 16.6. The van der Waals surface area contributed by atoms with Crippen LogP contribution in [0.25, 0.3) is 5.69 Å². The molecule has 0 saturated carbocycles. The third-order valence-corrected chi connectivity index (χ3v) is 3.94. The number of imidazole rings is 1. The van der Waals surface area contributed by atoms with E-state index in [0.29, 0.717) is 19.7 Å². The first-order valence-corrected chi connectivity index (χ1v) is 8.66. The zero-order valence-electron chi connectivity index (χ0n) is 15.1. The molecule has 6 nitrogen and oxygen atoms in total. The smallest absolute Gasteiger partial charge is 0.410 e. The van der Waals surface area contributed by atoms with E-state index in [-0.39, 0.29) is 6.09 Å². The van der Waals surface area contributed by atoms with Crippen LogP contribution < -0.4 is 4.74 Å². The summed E-state index contributed by atoms with van der Waals surface area (Å²) in [5.74, 6) is 1.75. The van der Waals surface area contributed by atoms with E-state index in [1.807, 2.05) is 51.2 Å². The summed E-state index contributed by atoms with van der Waals surface area (Å²) in [6, 6.07) is 7.89. The second kappa shape index (κ2) is 7.17. The Morgan fingerprint density at radius 2 is 2.04 bits per heavy atom. The van der Waals surface area contributed by atoms with Crippen molar-refractivity contribution in [3.63, 3.8) is 0 Å². The van der Waals surface area contributed by atoms with Crippen molar-refractivity contribution in [3.05, 3.63) is 42.5 Å². The van der Waals surface area contributed by atoms with Gasteiger partial charge in [0.15, 0.2) is 0 Å². The number of para-hydroxylation sites is 2. The van der Waals surface area contributed by atoms with E-state index in [0.717, 1.165) is 30.1 Å². The molecule has 1 aromatic heterocycles. The lowest BCUT2D eigenvalue weighted by Gasteiger charge is -2.27. The summed E-state index contributed by atoms with van der Waals surface area (Å²) in [5.41, 5.74) is 0.466. The largest absolute Gasteiger partial charge is 0.490 e. The number of aryl methyl sites for hydroxylation is 1. The SMILES string of the molecule is CC(C)(C)OC(=O)N1CCCc2nccn2-c2ccccc2OCC1. The highest BCUT2D eigenvalue weighted by molar-refractivity contribution is 5.68. The molecule has 0 aliphatic carbocycles. The van der Waals surface area contributed by atoms with Gasteiger partial charge in [0.1, 0.15) is 23.8 Å². The molecule has 1 aliphatic rings. The second-order valence-corrected chi connectivity index (χ2v) is 7.10. The second-order valence-electron chi connectivity index (χ2n) is 7.10. The fourth-order valence-electron chi connectivity index (χ4n) is 2.83. The number of ether oxygens (including phenoxy) is 2.